The van der Waals surface area contributed by atoms with Crippen molar-refractivity contribution in [1.29, 1.82) is 0 Å². The Hall–Kier alpha value is -0.860. The average molecular weight is 206 g/mol. The van der Waals surface area contributed by atoms with E-state index in [0.29, 0.717) is 5.92 Å². The molecule has 2 heteroatoms. The van der Waals surface area contributed by atoms with Crippen LogP contribution in [0.15, 0.2) is 24.3 Å². The molecule has 1 heterocycles. The predicted molar refractivity (Wildman–Crippen MR) is 59.8 cm³/mol. The van der Waals surface area contributed by atoms with Crippen molar-refractivity contribution in [2.75, 3.05) is 19.8 Å². The second-order valence-electron chi connectivity index (χ2n) is 4.04. The van der Waals surface area contributed by atoms with Gasteiger partial charge >= 0.3 is 0 Å². The molecular weight excluding hydrogens is 188 g/mol. The Morgan fingerprint density at radius 2 is 2.00 bits per heavy atom. The first-order valence-electron chi connectivity index (χ1n) is 5.62. The van der Waals surface area contributed by atoms with E-state index in [0.717, 1.165) is 32.8 Å². The molecule has 0 aliphatic carbocycles. The molecule has 82 valence electrons. The number of ether oxygens (including phenoxy) is 2. The summed E-state index contributed by atoms with van der Waals surface area (Å²) >= 11 is 0. The van der Waals surface area contributed by atoms with Gasteiger partial charge in [0.1, 0.15) is 0 Å². The minimum Gasteiger partial charge on any atom is -0.381 e. The fourth-order valence-electron chi connectivity index (χ4n) is 1.76. The number of hydrogen-bond acceptors (Lipinski definition) is 2. The highest BCUT2D eigenvalue weighted by Gasteiger charge is 2.18. The zero-order valence-corrected chi connectivity index (χ0v) is 9.24. The second kappa shape index (κ2) is 5.29. The van der Waals surface area contributed by atoms with E-state index in [1.165, 1.54) is 11.1 Å². The van der Waals surface area contributed by atoms with Gasteiger partial charge in [-0.25, -0.2) is 0 Å². The SMILES string of the molecule is CCc1ccccc1COCC1COC1. The van der Waals surface area contributed by atoms with E-state index < -0.39 is 0 Å². The highest BCUT2D eigenvalue weighted by atomic mass is 16.5. The molecule has 0 bridgehead atoms. The van der Waals surface area contributed by atoms with Gasteiger partial charge in [0.25, 0.3) is 0 Å². The van der Waals surface area contributed by atoms with Gasteiger partial charge in [-0.15, -0.1) is 0 Å². The average Bonchev–Trinajstić information content (AvgIpc) is 2.22. The lowest BCUT2D eigenvalue weighted by Gasteiger charge is -2.25. The first kappa shape index (κ1) is 10.7. The minimum absolute atomic E-state index is 0.624. The van der Waals surface area contributed by atoms with Crippen molar-refractivity contribution >= 4 is 0 Å². The molecule has 1 aliphatic heterocycles. The molecule has 2 rings (SSSR count). The standard InChI is InChI=1S/C13H18O2/c1-2-12-5-3-4-6-13(12)10-15-9-11-7-14-8-11/h3-6,11H,2,7-10H2,1H3. The van der Waals surface area contributed by atoms with Crippen LogP contribution in [0.25, 0.3) is 0 Å². The van der Waals surface area contributed by atoms with Crippen LogP contribution in [-0.4, -0.2) is 19.8 Å². The van der Waals surface area contributed by atoms with Crippen LogP contribution in [0.1, 0.15) is 18.1 Å². The van der Waals surface area contributed by atoms with Crippen LogP contribution in [0.5, 0.6) is 0 Å². The summed E-state index contributed by atoms with van der Waals surface area (Å²) in [5.41, 5.74) is 2.71. The quantitative estimate of drug-likeness (QED) is 0.736. The normalized spacial score (nSPS) is 16.3. The van der Waals surface area contributed by atoms with Gasteiger partial charge < -0.3 is 9.47 Å². The van der Waals surface area contributed by atoms with Gasteiger partial charge in [0.2, 0.25) is 0 Å². The highest BCUT2D eigenvalue weighted by molar-refractivity contribution is 5.26. The molecular formula is C13H18O2. The van der Waals surface area contributed by atoms with Crippen molar-refractivity contribution in [3.63, 3.8) is 0 Å². The van der Waals surface area contributed by atoms with Gasteiger partial charge in [0.15, 0.2) is 0 Å². The summed E-state index contributed by atoms with van der Waals surface area (Å²) in [6.45, 7) is 5.49. The van der Waals surface area contributed by atoms with E-state index in [-0.39, 0.29) is 0 Å². The summed E-state index contributed by atoms with van der Waals surface area (Å²) in [7, 11) is 0. The molecule has 2 nitrogen and oxygen atoms in total. The number of hydrogen-bond donors (Lipinski definition) is 0. The van der Waals surface area contributed by atoms with E-state index in [1.807, 2.05) is 0 Å². The van der Waals surface area contributed by atoms with Crippen molar-refractivity contribution in [2.24, 2.45) is 5.92 Å². The molecule has 1 aromatic carbocycles. The van der Waals surface area contributed by atoms with Crippen LogP contribution >= 0.6 is 0 Å². The summed E-state index contributed by atoms with van der Waals surface area (Å²) in [6.07, 6.45) is 1.08. The summed E-state index contributed by atoms with van der Waals surface area (Å²) < 4.78 is 10.8. The Morgan fingerprint density at radius 3 is 2.60 bits per heavy atom. The van der Waals surface area contributed by atoms with Gasteiger partial charge in [0.05, 0.1) is 26.4 Å². The molecule has 0 N–H and O–H groups in total. The Balaban J connectivity index is 1.81. The maximum absolute atomic E-state index is 5.69. The molecule has 1 saturated heterocycles. The van der Waals surface area contributed by atoms with Crippen molar-refractivity contribution < 1.29 is 9.47 Å². The maximum atomic E-state index is 5.69. The van der Waals surface area contributed by atoms with Crippen LogP contribution in [0, 0.1) is 5.92 Å². The van der Waals surface area contributed by atoms with Crippen LogP contribution in [0.2, 0.25) is 0 Å². The van der Waals surface area contributed by atoms with Gasteiger partial charge in [-0.1, -0.05) is 31.2 Å². The number of aryl methyl sites for hydroxylation is 1. The third-order valence-electron chi connectivity index (χ3n) is 2.82. The van der Waals surface area contributed by atoms with Gasteiger partial charge in [-0.2, -0.15) is 0 Å². The number of rotatable bonds is 5. The fraction of sp³-hybridized carbons (Fsp3) is 0.538. The van der Waals surface area contributed by atoms with Crippen molar-refractivity contribution in [3.8, 4) is 0 Å². The molecule has 0 saturated carbocycles. The Labute approximate surface area is 91.2 Å². The fourth-order valence-corrected chi connectivity index (χ4v) is 1.76. The van der Waals surface area contributed by atoms with Crippen molar-refractivity contribution in [2.45, 2.75) is 20.0 Å². The molecule has 0 amide bonds. The molecule has 0 aromatic heterocycles. The topological polar surface area (TPSA) is 18.5 Å². The second-order valence-corrected chi connectivity index (χ2v) is 4.04. The van der Waals surface area contributed by atoms with Gasteiger partial charge in [0, 0.05) is 5.92 Å². The van der Waals surface area contributed by atoms with E-state index in [2.05, 4.69) is 31.2 Å². The van der Waals surface area contributed by atoms with E-state index in [9.17, 15) is 0 Å². The van der Waals surface area contributed by atoms with E-state index >= 15 is 0 Å². The molecule has 1 fully saturated rings. The lowest BCUT2D eigenvalue weighted by Crippen LogP contribution is -2.31. The molecule has 1 aromatic rings. The zero-order valence-electron chi connectivity index (χ0n) is 9.24. The Kier molecular flexibility index (Phi) is 3.75. The van der Waals surface area contributed by atoms with Gasteiger partial charge in [-0.05, 0) is 17.5 Å². The Morgan fingerprint density at radius 1 is 1.27 bits per heavy atom. The molecule has 0 unspecified atom stereocenters. The summed E-state index contributed by atoms with van der Waals surface area (Å²) in [5, 5.41) is 0. The van der Waals surface area contributed by atoms with Crippen LogP contribution in [0.4, 0.5) is 0 Å². The first-order valence-corrected chi connectivity index (χ1v) is 5.62. The smallest absolute Gasteiger partial charge is 0.0719 e. The number of benzene rings is 1. The first-order chi connectivity index (χ1) is 7.40. The lowest BCUT2D eigenvalue weighted by atomic mass is 10.1. The van der Waals surface area contributed by atoms with Crippen molar-refractivity contribution in [1.82, 2.24) is 0 Å². The molecule has 0 atom stereocenters. The summed E-state index contributed by atoms with van der Waals surface area (Å²) in [5.74, 6) is 0.624. The van der Waals surface area contributed by atoms with Crippen LogP contribution < -0.4 is 0 Å². The molecule has 1 aliphatic rings. The zero-order chi connectivity index (χ0) is 10.5. The minimum atomic E-state index is 0.624. The predicted octanol–water partition coefficient (Wildman–Crippen LogP) is 2.41. The van der Waals surface area contributed by atoms with Crippen LogP contribution in [-0.2, 0) is 22.5 Å². The third-order valence-corrected chi connectivity index (χ3v) is 2.82. The summed E-state index contributed by atoms with van der Waals surface area (Å²) in [6, 6.07) is 8.48. The lowest BCUT2D eigenvalue weighted by molar-refractivity contribution is -0.0746. The molecule has 0 radical (unpaired) electrons. The molecule has 15 heavy (non-hydrogen) atoms. The highest BCUT2D eigenvalue weighted by Crippen LogP contribution is 2.14. The van der Waals surface area contributed by atoms with E-state index in [4.69, 9.17) is 9.47 Å². The van der Waals surface area contributed by atoms with E-state index in [1.54, 1.807) is 0 Å². The van der Waals surface area contributed by atoms with Gasteiger partial charge in [-0.3, -0.25) is 0 Å². The largest absolute Gasteiger partial charge is 0.381 e. The maximum Gasteiger partial charge on any atom is 0.0719 e. The van der Waals surface area contributed by atoms with Crippen molar-refractivity contribution in [3.05, 3.63) is 35.4 Å². The Bertz CT molecular complexity index is 305. The van der Waals surface area contributed by atoms with Crippen LogP contribution in [0.3, 0.4) is 0 Å². The summed E-state index contributed by atoms with van der Waals surface area (Å²) in [4.78, 5) is 0. The third kappa shape index (κ3) is 2.80. The molecule has 0 spiro atoms. The monoisotopic (exact) mass is 206 g/mol.